The minimum absolute atomic E-state index is 0.316. The molecule has 0 aliphatic carbocycles. The van der Waals surface area contributed by atoms with E-state index < -0.39 is 6.37 Å². The summed E-state index contributed by atoms with van der Waals surface area (Å²) in [4.78, 5) is 9.91. The van der Waals surface area contributed by atoms with Gasteiger partial charge in [-0.1, -0.05) is 100.0 Å². The number of aryl methyl sites for hydroxylation is 1. The zero-order chi connectivity index (χ0) is 31.5. The number of aromatic nitrogens is 3. The molecule has 7 aromatic rings. The van der Waals surface area contributed by atoms with Crippen molar-refractivity contribution in [3.8, 4) is 11.4 Å². The van der Waals surface area contributed by atoms with E-state index in [0.717, 1.165) is 33.2 Å². The van der Waals surface area contributed by atoms with E-state index in [1.807, 2.05) is 42.5 Å². The van der Waals surface area contributed by atoms with Crippen LogP contribution >= 0.6 is 0 Å². The number of furan rings is 1. The molecule has 0 aliphatic rings. The predicted octanol–water partition coefficient (Wildman–Crippen LogP) is 10.2. The highest BCUT2D eigenvalue weighted by molar-refractivity contribution is 6.08. The summed E-state index contributed by atoms with van der Waals surface area (Å²) >= 11 is 0. The molecule has 0 bridgehead atoms. The highest BCUT2D eigenvalue weighted by Gasteiger charge is 2.22. The smallest absolute Gasteiger partial charge is 0.227 e. The van der Waals surface area contributed by atoms with Crippen molar-refractivity contribution in [2.24, 2.45) is 0 Å². The van der Waals surface area contributed by atoms with Crippen LogP contribution in [0.2, 0.25) is 0 Å². The lowest BCUT2D eigenvalue weighted by molar-refractivity contribution is 0.651. The summed E-state index contributed by atoms with van der Waals surface area (Å²) in [5.74, 6) is 1.60. The summed E-state index contributed by atoms with van der Waals surface area (Å²) < 4.78 is 26.5. The van der Waals surface area contributed by atoms with Gasteiger partial charge in [-0.25, -0.2) is 9.97 Å². The van der Waals surface area contributed by atoms with Crippen molar-refractivity contribution in [3.63, 3.8) is 0 Å². The fourth-order valence-electron chi connectivity index (χ4n) is 6.28. The monoisotopic (exact) mass is 565 g/mol. The van der Waals surface area contributed by atoms with Crippen LogP contribution in [0.3, 0.4) is 0 Å². The normalized spacial score (nSPS) is 13.0. The summed E-state index contributed by atoms with van der Waals surface area (Å²) in [7, 11) is 0. The Morgan fingerprint density at radius 2 is 1.49 bits per heavy atom. The lowest BCUT2D eigenvalue weighted by Crippen LogP contribution is -2.11. The second-order valence-electron chi connectivity index (χ2n) is 12.1. The summed E-state index contributed by atoms with van der Waals surface area (Å²) in [5.41, 5.74) is 10.3. The molecule has 214 valence electrons. The van der Waals surface area contributed by atoms with Crippen molar-refractivity contribution in [2.45, 2.75) is 59.4 Å². The van der Waals surface area contributed by atoms with Crippen LogP contribution in [-0.2, 0) is 12.9 Å². The molecule has 3 heterocycles. The average molecular weight is 566 g/mol. The van der Waals surface area contributed by atoms with Gasteiger partial charge in [-0.15, -0.1) is 0 Å². The Hall–Kier alpha value is -4.70. The van der Waals surface area contributed by atoms with Crippen molar-refractivity contribution >= 4 is 33.1 Å². The quantitative estimate of drug-likeness (QED) is 0.193. The highest BCUT2D eigenvalue weighted by atomic mass is 16.3. The van der Waals surface area contributed by atoms with Crippen LogP contribution in [0.4, 0.5) is 0 Å². The van der Waals surface area contributed by atoms with Crippen LogP contribution in [0.25, 0.3) is 44.5 Å². The largest absolute Gasteiger partial charge is 0.437 e. The summed E-state index contributed by atoms with van der Waals surface area (Å²) in [5, 5.41) is 1.78. The third kappa shape index (κ3) is 4.91. The molecule has 0 aliphatic heterocycles. The van der Waals surface area contributed by atoms with E-state index >= 15 is 0 Å². The summed E-state index contributed by atoms with van der Waals surface area (Å²) in [6.45, 7) is 12.0. The first-order valence-electron chi connectivity index (χ1n) is 16.1. The van der Waals surface area contributed by atoms with Gasteiger partial charge in [0.2, 0.25) is 5.71 Å². The Kier molecular flexibility index (Phi) is 6.27. The van der Waals surface area contributed by atoms with Crippen molar-refractivity contribution in [1.29, 1.82) is 0 Å². The van der Waals surface area contributed by atoms with Gasteiger partial charge in [0.25, 0.3) is 0 Å². The molecule has 4 aromatic carbocycles. The number of hydrogen-bond acceptors (Lipinski definition) is 3. The number of nitrogens with zero attached hydrogens (tertiary/aromatic N) is 3. The number of hydrogen-bond donors (Lipinski definition) is 0. The van der Waals surface area contributed by atoms with Gasteiger partial charge in [-0.3, -0.25) is 0 Å². The molecule has 0 unspecified atom stereocenters. The van der Waals surface area contributed by atoms with Gasteiger partial charge >= 0.3 is 0 Å². The highest BCUT2D eigenvalue weighted by Crippen LogP contribution is 2.38. The molecular weight excluding hydrogens is 526 g/mol. The van der Waals surface area contributed by atoms with Crippen molar-refractivity contribution < 1.29 is 7.16 Å². The third-order valence-electron chi connectivity index (χ3n) is 8.33. The Bertz CT molecular complexity index is 2160. The fourth-order valence-corrected chi connectivity index (χ4v) is 6.28. The molecule has 0 saturated carbocycles. The van der Waals surface area contributed by atoms with Crippen molar-refractivity contribution in [3.05, 3.63) is 131 Å². The summed E-state index contributed by atoms with van der Waals surface area (Å²) in [6, 6.07) is 32.0. The van der Waals surface area contributed by atoms with Gasteiger partial charge in [0.15, 0.2) is 0 Å². The van der Waals surface area contributed by atoms with E-state index in [2.05, 4.69) is 75.6 Å². The molecule has 4 heteroatoms. The molecular formula is C39H37N3O. The first-order valence-corrected chi connectivity index (χ1v) is 15.1. The molecule has 3 aromatic heterocycles. The standard InChI is InChI=1S/C39H37N3O/c1-24(2)32-20-26(5)21-33(25(3)4)34(32)23-42-36-17-10-9-16-35(36)41-38(42)31-15-11-14-29-30-19-18-28(40-39(30)43-37(29)31)22-27-12-7-6-8-13-27/h6-21,24-25H,22-23H2,1-5H3/i22D2. The first-order chi connectivity index (χ1) is 21.6. The van der Waals surface area contributed by atoms with E-state index in [4.69, 9.17) is 17.1 Å². The zero-order valence-electron chi connectivity index (χ0n) is 27.3. The minimum atomic E-state index is -1.76. The average Bonchev–Trinajstić information content (AvgIpc) is 3.59. The SMILES string of the molecule is [2H]C([2H])(c1ccccc1)c1ccc2c(n1)oc1c(-c3nc4ccccc4n3Cc3c(C(C)C)cc(C)cc3C(C)C)cccc12. The molecule has 0 radical (unpaired) electrons. The van der Waals surface area contributed by atoms with E-state index in [9.17, 15) is 0 Å². The molecule has 4 nitrogen and oxygen atoms in total. The van der Waals surface area contributed by atoms with Crippen LogP contribution in [0.15, 0.2) is 101 Å². The maximum Gasteiger partial charge on any atom is 0.227 e. The lowest BCUT2D eigenvalue weighted by atomic mass is 9.87. The van der Waals surface area contributed by atoms with E-state index in [1.54, 1.807) is 18.2 Å². The maximum absolute atomic E-state index is 8.85. The fraction of sp³-hybridized carbons (Fsp3) is 0.231. The maximum atomic E-state index is 8.85. The van der Waals surface area contributed by atoms with Gasteiger partial charge in [-0.2, -0.15) is 0 Å². The minimum Gasteiger partial charge on any atom is -0.437 e. The lowest BCUT2D eigenvalue weighted by Gasteiger charge is -2.22. The van der Waals surface area contributed by atoms with Crippen LogP contribution in [0.1, 0.15) is 75.8 Å². The van der Waals surface area contributed by atoms with Crippen LogP contribution in [0.5, 0.6) is 0 Å². The molecule has 0 spiro atoms. The molecule has 43 heavy (non-hydrogen) atoms. The van der Waals surface area contributed by atoms with E-state index in [-0.39, 0.29) is 0 Å². The predicted molar refractivity (Wildman–Crippen MR) is 178 cm³/mol. The first kappa shape index (κ1) is 24.9. The second kappa shape index (κ2) is 10.9. The van der Waals surface area contributed by atoms with Crippen molar-refractivity contribution in [2.75, 3.05) is 0 Å². The van der Waals surface area contributed by atoms with Gasteiger partial charge < -0.3 is 8.98 Å². The van der Waals surface area contributed by atoms with Crippen LogP contribution in [-0.4, -0.2) is 14.5 Å². The van der Waals surface area contributed by atoms with Gasteiger partial charge in [-0.05, 0) is 71.3 Å². The number of pyridine rings is 1. The number of rotatable bonds is 7. The molecule has 7 rings (SSSR count). The molecule has 0 amide bonds. The van der Waals surface area contributed by atoms with E-state index in [1.165, 1.54) is 22.3 Å². The Morgan fingerprint density at radius 3 is 2.23 bits per heavy atom. The second-order valence-corrected chi connectivity index (χ2v) is 12.1. The Morgan fingerprint density at radius 1 is 0.767 bits per heavy atom. The number of fused-ring (bicyclic) bond motifs is 4. The number of benzene rings is 4. The van der Waals surface area contributed by atoms with E-state index in [0.29, 0.717) is 40.9 Å². The molecule has 0 fully saturated rings. The Balaban J connectivity index is 1.43. The Labute approximate surface area is 255 Å². The number of para-hydroxylation sites is 3. The van der Waals surface area contributed by atoms with Crippen molar-refractivity contribution in [1.82, 2.24) is 14.5 Å². The molecule has 0 saturated heterocycles. The zero-order valence-corrected chi connectivity index (χ0v) is 25.3. The van der Waals surface area contributed by atoms with Crippen LogP contribution in [0, 0.1) is 6.92 Å². The summed E-state index contributed by atoms with van der Waals surface area (Å²) in [6.07, 6.45) is -1.76. The van der Waals surface area contributed by atoms with Gasteiger partial charge in [0.1, 0.15) is 11.4 Å². The van der Waals surface area contributed by atoms with Gasteiger partial charge in [0, 0.05) is 25.6 Å². The number of imidazole rings is 1. The van der Waals surface area contributed by atoms with Gasteiger partial charge in [0.05, 0.1) is 23.1 Å². The topological polar surface area (TPSA) is 43.9 Å². The van der Waals surface area contributed by atoms with Crippen LogP contribution < -0.4 is 0 Å². The molecule has 0 atom stereocenters. The third-order valence-corrected chi connectivity index (χ3v) is 8.33. The molecule has 0 N–H and O–H groups in total.